The monoisotopic (exact) mass is 444 g/mol. The maximum absolute atomic E-state index is 13.1. The molecule has 8 nitrogen and oxygen atoms in total. The lowest BCUT2D eigenvalue weighted by molar-refractivity contribution is -0.0934. The number of anilines is 1. The number of nitrogens with one attached hydrogen (secondary N) is 1. The van der Waals surface area contributed by atoms with Crippen molar-refractivity contribution in [2.75, 3.05) is 24.5 Å². The third-order valence-corrected chi connectivity index (χ3v) is 5.58. The maximum Gasteiger partial charge on any atom is 0.434 e. The largest absolute Gasteiger partial charge is 0.434 e. The summed E-state index contributed by atoms with van der Waals surface area (Å²) in [6, 6.07) is 1.80. The summed E-state index contributed by atoms with van der Waals surface area (Å²) < 4.78 is 39.4. The summed E-state index contributed by atoms with van der Waals surface area (Å²) in [5.74, 6) is 1.30. The van der Waals surface area contributed by atoms with E-state index in [9.17, 15) is 13.2 Å². The van der Waals surface area contributed by atoms with E-state index in [1.807, 2.05) is 13.8 Å². The molecular weight excluding hydrogens is 421 g/mol. The first-order valence-corrected chi connectivity index (χ1v) is 10.1. The highest BCUT2D eigenvalue weighted by Crippen LogP contribution is 2.34. The van der Waals surface area contributed by atoms with Gasteiger partial charge in [0.05, 0.1) is 18.4 Å². The molecule has 1 saturated heterocycles. The van der Waals surface area contributed by atoms with Gasteiger partial charge in [-0.2, -0.15) is 18.3 Å². The molecule has 0 bridgehead atoms. The van der Waals surface area contributed by atoms with E-state index in [0.29, 0.717) is 17.4 Å². The van der Waals surface area contributed by atoms with Gasteiger partial charge in [0, 0.05) is 48.9 Å². The molecule has 4 rings (SSSR count). The van der Waals surface area contributed by atoms with Crippen molar-refractivity contribution < 1.29 is 13.2 Å². The number of rotatable bonds is 5. The van der Waals surface area contributed by atoms with Gasteiger partial charge in [-0.15, -0.1) is 0 Å². The summed E-state index contributed by atoms with van der Waals surface area (Å²) in [6.45, 7) is 9.16. The van der Waals surface area contributed by atoms with Gasteiger partial charge in [0.25, 0.3) is 0 Å². The van der Waals surface area contributed by atoms with Crippen molar-refractivity contribution in [1.82, 2.24) is 25.1 Å². The van der Waals surface area contributed by atoms with Gasteiger partial charge >= 0.3 is 6.18 Å². The number of aromatic amines is 1. The van der Waals surface area contributed by atoms with Gasteiger partial charge in [0.15, 0.2) is 11.5 Å². The molecule has 0 amide bonds. The molecule has 1 fully saturated rings. The standard InChI is InChI=1S/C21H23F3N8/c1-13-19(14(2)30-29-13)15-5-8-32(11-15)18-4-6-27-20(28-18)16(10-25-3)31-9-7-26-17(12-31)21(22,23)24/h4,6-7,10,12,15H,3,5,8-9,11H2,1-2H3,(H,29,30)/b16-10-. The minimum Gasteiger partial charge on any atom is -0.356 e. The van der Waals surface area contributed by atoms with Crippen molar-refractivity contribution in [3.05, 3.63) is 53.1 Å². The van der Waals surface area contributed by atoms with E-state index in [-0.39, 0.29) is 12.4 Å². The molecule has 11 heteroatoms. The molecule has 32 heavy (non-hydrogen) atoms. The van der Waals surface area contributed by atoms with E-state index in [1.54, 1.807) is 12.3 Å². The number of allylic oxidation sites excluding steroid dienone is 1. The summed E-state index contributed by atoms with van der Waals surface area (Å²) >= 11 is 0. The molecule has 1 N–H and O–H groups in total. The summed E-state index contributed by atoms with van der Waals surface area (Å²) in [4.78, 5) is 19.6. The van der Waals surface area contributed by atoms with Crippen LogP contribution in [-0.4, -0.2) is 63.8 Å². The van der Waals surface area contributed by atoms with Gasteiger partial charge in [-0.1, -0.05) is 0 Å². The molecule has 0 saturated carbocycles. The van der Waals surface area contributed by atoms with E-state index >= 15 is 0 Å². The molecule has 0 radical (unpaired) electrons. The quantitative estimate of drug-likeness (QED) is 0.713. The molecule has 2 aliphatic heterocycles. The smallest absolute Gasteiger partial charge is 0.356 e. The van der Waals surface area contributed by atoms with Crippen LogP contribution < -0.4 is 4.90 Å². The Morgan fingerprint density at radius 2 is 2.16 bits per heavy atom. The molecule has 168 valence electrons. The third-order valence-electron chi connectivity index (χ3n) is 5.58. The van der Waals surface area contributed by atoms with Crippen LogP contribution in [0.3, 0.4) is 0 Å². The number of nitrogens with zero attached hydrogens (tertiary/aromatic N) is 7. The van der Waals surface area contributed by atoms with Crippen LogP contribution in [0.5, 0.6) is 0 Å². The van der Waals surface area contributed by atoms with Crippen molar-refractivity contribution in [3.8, 4) is 0 Å². The number of hydrogen-bond acceptors (Lipinski definition) is 7. The Balaban J connectivity index is 1.59. The lowest BCUT2D eigenvalue weighted by Gasteiger charge is -2.25. The highest BCUT2D eigenvalue weighted by molar-refractivity contribution is 5.70. The fourth-order valence-electron chi connectivity index (χ4n) is 4.14. The van der Waals surface area contributed by atoms with Crippen LogP contribution in [-0.2, 0) is 0 Å². The van der Waals surface area contributed by atoms with Gasteiger partial charge in [0.2, 0.25) is 0 Å². The van der Waals surface area contributed by atoms with Gasteiger partial charge in [-0.05, 0) is 33.1 Å². The summed E-state index contributed by atoms with van der Waals surface area (Å²) in [5, 5.41) is 7.33. The van der Waals surface area contributed by atoms with Crippen LogP contribution in [0.4, 0.5) is 19.0 Å². The Labute approximate surface area is 183 Å². The van der Waals surface area contributed by atoms with E-state index in [2.05, 4.69) is 41.8 Å². The first kappa shape index (κ1) is 21.7. The van der Waals surface area contributed by atoms with Crippen molar-refractivity contribution in [2.45, 2.75) is 32.4 Å². The Morgan fingerprint density at radius 1 is 1.34 bits per heavy atom. The average molecular weight is 444 g/mol. The van der Waals surface area contributed by atoms with Gasteiger partial charge in [-0.25, -0.2) is 9.97 Å². The molecule has 2 aliphatic rings. The molecule has 1 atom stereocenters. The molecule has 0 spiro atoms. The molecular formula is C21H23F3N8. The zero-order chi connectivity index (χ0) is 22.9. The second-order valence-electron chi connectivity index (χ2n) is 7.69. The van der Waals surface area contributed by atoms with Crippen molar-refractivity contribution in [3.63, 3.8) is 0 Å². The van der Waals surface area contributed by atoms with E-state index < -0.39 is 11.9 Å². The Kier molecular flexibility index (Phi) is 5.81. The zero-order valence-electron chi connectivity index (χ0n) is 17.8. The zero-order valence-corrected chi connectivity index (χ0v) is 17.8. The Morgan fingerprint density at radius 3 is 2.84 bits per heavy atom. The maximum atomic E-state index is 13.1. The van der Waals surface area contributed by atoms with Gasteiger partial charge in [-0.3, -0.25) is 15.1 Å². The lowest BCUT2D eigenvalue weighted by atomic mass is 9.97. The first-order valence-electron chi connectivity index (χ1n) is 10.1. The Bertz CT molecular complexity index is 1080. The number of aliphatic imine (C=N–C) groups is 2. The SMILES string of the molecule is C=N/C=C(/c1nccc(N2CCC(c3c(C)n[nH]c3C)C2)n1)N1C=C(C(F)(F)F)N=CC1. The topological polar surface area (TPSA) is 85.7 Å². The van der Waals surface area contributed by atoms with E-state index in [1.165, 1.54) is 22.9 Å². The minimum atomic E-state index is -4.56. The number of halogens is 3. The third kappa shape index (κ3) is 4.27. The molecule has 2 aromatic heterocycles. The number of aryl methyl sites for hydroxylation is 2. The van der Waals surface area contributed by atoms with Crippen LogP contribution in [0.25, 0.3) is 5.70 Å². The lowest BCUT2D eigenvalue weighted by Crippen LogP contribution is -2.27. The first-order chi connectivity index (χ1) is 15.3. The Hall–Kier alpha value is -3.50. The number of H-pyrrole nitrogens is 1. The van der Waals surface area contributed by atoms with E-state index in [4.69, 9.17) is 0 Å². The molecule has 1 unspecified atom stereocenters. The van der Waals surface area contributed by atoms with E-state index in [0.717, 1.165) is 37.1 Å². The van der Waals surface area contributed by atoms with Crippen LogP contribution in [0.1, 0.15) is 35.1 Å². The van der Waals surface area contributed by atoms with Crippen LogP contribution >= 0.6 is 0 Å². The van der Waals surface area contributed by atoms with Gasteiger partial charge < -0.3 is 9.80 Å². The number of hydrogen-bond donors (Lipinski definition) is 1. The van der Waals surface area contributed by atoms with Crippen molar-refractivity contribution in [1.29, 1.82) is 0 Å². The van der Waals surface area contributed by atoms with Crippen LogP contribution in [0, 0.1) is 13.8 Å². The second kappa shape index (κ2) is 8.56. The fourth-order valence-corrected chi connectivity index (χ4v) is 4.14. The van der Waals surface area contributed by atoms with Crippen molar-refractivity contribution in [2.24, 2.45) is 9.98 Å². The van der Waals surface area contributed by atoms with Crippen LogP contribution in [0.2, 0.25) is 0 Å². The second-order valence-corrected chi connectivity index (χ2v) is 7.69. The molecule has 2 aromatic rings. The fraction of sp³-hybridized carbons (Fsp3) is 0.381. The van der Waals surface area contributed by atoms with Crippen molar-refractivity contribution >= 4 is 24.4 Å². The summed E-state index contributed by atoms with van der Waals surface area (Å²) in [7, 11) is 0. The molecule has 0 aromatic carbocycles. The average Bonchev–Trinajstić information content (AvgIpc) is 3.38. The van der Waals surface area contributed by atoms with Gasteiger partial charge in [0.1, 0.15) is 11.5 Å². The minimum absolute atomic E-state index is 0.138. The summed E-state index contributed by atoms with van der Waals surface area (Å²) in [6.07, 6.45) is 1.49. The van der Waals surface area contributed by atoms with Crippen LogP contribution in [0.15, 0.2) is 40.3 Å². The predicted molar refractivity (Wildman–Crippen MR) is 117 cm³/mol. The summed E-state index contributed by atoms with van der Waals surface area (Å²) in [5.41, 5.74) is 2.61. The molecule has 0 aliphatic carbocycles. The number of aromatic nitrogens is 4. The predicted octanol–water partition coefficient (Wildman–Crippen LogP) is 3.60. The highest BCUT2D eigenvalue weighted by atomic mass is 19.4. The molecule has 4 heterocycles. The normalized spacial score (nSPS) is 19.5. The number of alkyl halides is 3. The highest BCUT2D eigenvalue weighted by Gasteiger charge is 2.36.